The van der Waals surface area contributed by atoms with Crippen LogP contribution >= 0.6 is 0 Å². The lowest BCUT2D eigenvalue weighted by atomic mass is 10.1. The molecule has 0 spiro atoms. The number of carbonyl (C=O) groups is 1. The molecule has 1 unspecified atom stereocenters. The monoisotopic (exact) mass is 327 g/mol. The molecule has 0 aliphatic carbocycles. The van der Waals surface area contributed by atoms with Gasteiger partial charge in [0.25, 0.3) is 0 Å². The second-order valence-electron chi connectivity index (χ2n) is 5.74. The number of nitrogens with one attached hydrogen (secondary N) is 2. The van der Waals surface area contributed by atoms with Crippen LogP contribution in [0.15, 0.2) is 36.7 Å². The van der Waals surface area contributed by atoms with Crippen LogP contribution in [0.25, 0.3) is 11.0 Å². The van der Waals surface area contributed by atoms with Gasteiger partial charge in [-0.25, -0.2) is 4.98 Å². The molecule has 2 heterocycles. The largest absolute Gasteiger partial charge is 0.497 e. The Morgan fingerprint density at radius 1 is 1.46 bits per heavy atom. The minimum atomic E-state index is -0.134. The van der Waals surface area contributed by atoms with Crippen LogP contribution in [0.4, 0.5) is 0 Å². The zero-order valence-electron chi connectivity index (χ0n) is 13.8. The molecular weight excluding hydrogens is 306 g/mol. The molecule has 0 saturated carbocycles. The molecule has 1 aromatic carbocycles. The van der Waals surface area contributed by atoms with Crippen LogP contribution in [0, 0.1) is 5.92 Å². The molecule has 3 aromatic rings. The smallest absolute Gasteiger partial charge is 0.224 e. The predicted octanol–water partition coefficient (Wildman–Crippen LogP) is 1.76. The zero-order chi connectivity index (χ0) is 16.9. The molecular formula is C17H21N5O2. The van der Waals surface area contributed by atoms with Crippen LogP contribution in [-0.2, 0) is 17.8 Å². The summed E-state index contributed by atoms with van der Waals surface area (Å²) in [7, 11) is 1.64. The summed E-state index contributed by atoms with van der Waals surface area (Å²) in [6.07, 6.45) is 4.21. The minimum absolute atomic E-state index is 0.0169. The van der Waals surface area contributed by atoms with Crippen molar-refractivity contribution in [2.45, 2.75) is 19.9 Å². The van der Waals surface area contributed by atoms with Crippen LogP contribution < -0.4 is 10.1 Å². The van der Waals surface area contributed by atoms with E-state index < -0.39 is 0 Å². The summed E-state index contributed by atoms with van der Waals surface area (Å²) in [5.74, 6) is 1.52. The molecule has 2 aromatic heterocycles. The fraction of sp³-hybridized carbons (Fsp3) is 0.353. The van der Waals surface area contributed by atoms with Crippen LogP contribution in [0.5, 0.6) is 5.75 Å². The summed E-state index contributed by atoms with van der Waals surface area (Å²) in [6, 6.07) is 7.56. The first-order chi connectivity index (χ1) is 11.7. The number of ether oxygens (including phenoxy) is 1. The van der Waals surface area contributed by atoms with Gasteiger partial charge in [-0.1, -0.05) is 6.92 Å². The summed E-state index contributed by atoms with van der Waals surface area (Å²) in [5.41, 5.74) is 1.83. The van der Waals surface area contributed by atoms with Crippen LogP contribution in [0.2, 0.25) is 0 Å². The highest BCUT2D eigenvalue weighted by Gasteiger charge is 2.13. The van der Waals surface area contributed by atoms with E-state index in [4.69, 9.17) is 4.74 Å². The van der Waals surface area contributed by atoms with Gasteiger partial charge in [-0.05, 0) is 18.2 Å². The highest BCUT2D eigenvalue weighted by molar-refractivity contribution is 5.78. The number of methoxy groups -OCH3 is 1. The lowest BCUT2D eigenvalue weighted by Crippen LogP contribution is -2.33. The highest BCUT2D eigenvalue weighted by Crippen LogP contribution is 2.18. The first kappa shape index (κ1) is 16.0. The van der Waals surface area contributed by atoms with Crippen molar-refractivity contribution in [3.8, 4) is 5.75 Å². The summed E-state index contributed by atoms with van der Waals surface area (Å²) < 4.78 is 6.96. The number of rotatable bonds is 7. The summed E-state index contributed by atoms with van der Waals surface area (Å²) in [5, 5.41) is 7.06. The fourth-order valence-corrected chi connectivity index (χ4v) is 2.54. The van der Waals surface area contributed by atoms with E-state index in [1.165, 1.54) is 0 Å². The van der Waals surface area contributed by atoms with E-state index in [1.54, 1.807) is 18.0 Å². The van der Waals surface area contributed by atoms with Crippen molar-refractivity contribution in [3.63, 3.8) is 0 Å². The maximum atomic E-state index is 12.1. The molecule has 3 rings (SSSR count). The maximum absolute atomic E-state index is 12.1. The van der Waals surface area contributed by atoms with Crippen molar-refractivity contribution in [2.24, 2.45) is 5.92 Å². The molecule has 1 amide bonds. The Hall–Kier alpha value is -2.83. The molecule has 24 heavy (non-hydrogen) atoms. The van der Waals surface area contributed by atoms with Crippen molar-refractivity contribution >= 4 is 16.9 Å². The third kappa shape index (κ3) is 3.73. The number of fused-ring (bicyclic) bond motifs is 1. The Labute approximate surface area is 140 Å². The third-order valence-corrected chi connectivity index (χ3v) is 3.87. The summed E-state index contributed by atoms with van der Waals surface area (Å²) in [4.78, 5) is 19.9. The fourth-order valence-electron chi connectivity index (χ4n) is 2.54. The Kier molecular flexibility index (Phi) is 4.79. The van der Waals surface area contributed by atoms with Gasteiger partial charge in [0, 0.05) is 31.4 Å². The second-order valence-corrected chi connectivity index (χ2v) is 5.74. The van der Waals surface area contributed by atoms with Crippen molar-refractivity contribution in [1.29, 1.82) is 0 Å². The average molecular weight is 327 g/mol. The number of H-pyrrole nitrogens is 1. The summed E-state index contributed by atoms with van der Waals surface area (Å²) >= 11 is 0. The molecule has 0 bridgehead atoms. The van der Waals surface area contributed by atoms with Gasteiger partial charge in [-0.3, -0.25) is 9.48 Å². The molecule has 126 valence electrons. The van der Waals surface area contributed by atoms with Crippen LogP contribution in [0.3, 0.4) is 0 Å². The lowest BCUT2D eigenvalue weighted by Gasteiger charge is -2.11. The standard InChI is InChI=1S/C17H21N5O2/c1-12(11-22-9-3-7-19-22)17(23)18-8-6-16-20-14-5-4-13(24-2)10-15(14)21-16/h3-5,7,9-10,12H,6,8,11H2,1-2H3,(H,18,23)(H,20,21). The molecule has 2 N–H and O–H groups in total. The van der Waals surface area contributed by atoms with E-state index in [0.29, 0.717) is 19.5 Å². The third-order valence-electron chi connectivity index (χ3n) is 3.87. The number of imidazole rings is 1. The van der Waals surface area contributed by atoms with Crippen LogP contribution in [-0.4, -0.2) is 39.3 Å². The predicted molar refractivity (Wildman–Crippen MR) is 90.8 cm³/mol. The highest BCUT2D eigenvalue weighted by atomic mass is 16.5. The van der Waals surface area contributed by atoms with Gasteiger partial charge in [-0.2, -0.15) is 5.10 Å². The van der Waals surface area contributed by atoms with E-state index in [0.717, 1.165) is 22.6 Å². The molecule has 1 atom stereocenters. The Bertz CT molecular complexity index is 810. The number of hydrogen-bond donors (Lipinski definition) is 2. The Morgan fingerprint density at radius 2 is 2.33 bits per heavy atom. The first-order valence-corrected chi connectivity index (χ1v) is 7.93. The van der Waals surface area contributed by atoms with Gasteiger partial charge in [0.2, 0.25) is 5.91 Å². The zero-order valence-corrected chi connectivity index (χ0v) is 13.8. The molecule has 7 nitrogen and oxygen atoms in total. The summed E-state index contributed by atoms with van der Waals surface area (Å²) in [6.45, 7) is 3.01. The number of benzene rings is 1. The van der Waals surface area contributed by atoms with E-state index in [9.17, 15) is 4.79 Å². The number of hydrogen-bond acceptors (Lipinski definition) is 4. The van der Waals surface area contributed by atoms with Gasteiger partial charge in [0.15, 0.2) is 0 Å². The van der Waals surface area contributed by atoms with Crippen molar-refractivity contribution in [1.82, 2.24) is 25.1 Å². The topological polar surface area (TPSA) is 84.8 Å². The molecule has 0 aliphatic heterocycles. The maximum Gasteiger partial charge on any atom is 0.224 e. The Morgan fingerprint density at radius 3 is 3.08 bits per heavy atom. The normalized spacial score (nSPS) is 12.2. The van der Waals surface area contributed by atoms with Crippen molar-refractivity contribution in [2.75, 3.05) is 13.7 Å². The molecule has 0 aliphatic rings. The lowest BCUT2D eigenvalue weighted by molar-refractivity contribution is -0.124. The average Bonchev–Trinajstić information content (AvgIpc) is 3.22. The van der Waals surface area contributed by atoms with Gasteiger partial charge >= 0.3 is 0 Å². The Balaban J connectivity index is 1.51. The number of aromatic amines is 1. The number of nitrogens with zero attached hydrogens (tertiary/aromatic N) is 3. The number of carbonyl (C=O) groups excluding carboxylic acids is 1. The number of amides is 1. The van der Waals surface area contributed by atoms with Gasteiger partial charge in [0.1, 0.15) is 11.6 Å². The molecule has 0 radical (unpaired) electrons. The van der Waals surface area contributed by atoms with Crippen LogP contribution in [0.1, 0.15) is 12.7 Å². The van der Waals surface area contributed by atoms with E-state index in [-0.39, 0.29) is 11.8 Å². The quantitative estimate of drug-likeness (QED) is 0.692. The van der Waals surface area contributed by atoms with E-state index >= 15 is 0 Å². The van der Waals surface area contributed by atoms with Gasteiger partial charge < -0.3 is 15.0 Å². The first-order valence-electron chi connectivity index (χ1n) is 7.93. The molecule has 0 fully saturated rings. The number of aromatic nitrogens is 4. The second kappa shape index (κ2) is 7.16. The van der Waals surface area contributed by atoms with Crippen molar-refractivity contribution < 1.29 is 9.53 Å². The van der Waals surface area contributed by atoms with Crippen molar-refractivity contribution in [3.05, 3.63) is 42.5 Å². The van der Waals surface area contributed by atoms with Gasteiger partial charge in [0.05, 0.1) is 30.6 Å². The van der Waals surface area contributed by atoms with Gasteiger partial charge in [-0.15, -0.1) is 0 Å². The molecule has 7 heteroatoms. The minimum Gasteiger partial charge on any atom is -0.497 e. The van der Waals surface area contributed by atoms with E-state index in [2.05, 4.69) is 20.4 Å². The van der Waals surface area contributed by atoms with E-state index in [1.807, 2.05) is 37.4 Å². The SMILES string of the molecule is COc1ccc2nc(CCNC(=O)C(C)Cn3cccn3)[nH]c2c1. The molecule has 0 saturated heterocycles.